The second-order valence-electron chi connectivity index (χ2n) is 6.44. The molecule has 0 aliphatic heterocycles. The fourth-order valence-corrected chi connectivity index (χ4v) is 3.05. The van der Waals surface area contributed by atoms with Crippen LogP contribution in [-0.4, -0.2) is 44.8 Å². The third-order valence-electron chi connectivity index (χ3n) is 4.61. The summed E-state index contributed by atoms with van der Waals surface area (Å²) < 4.78 is 7.00. The van der Waals surface area contributed by atoms with Gasteiger partial charge in [0.15, 0.2) is 0 Å². The van der Waals surface area contributed by atoms with E-state index in [1.807, 2.05) is 31.2 Å². The molecule has 8 nitrogen and oxygen atoms in total. The predicted octanol–water partition coefficient (Wildman–Crippen LogP) is 2.42. The van der Waals surface area contributed by atoms with E-state index in [4.69, 9.17) is 10.1 Å². The van der Waals surface area contributed by atoms with Crippen molar-refractivity contribution in [2.45, 2.75) is 19.8 Å². The van der Waals surface area contributed by atoms with Gasteiger partial charge < -0.3 is 15.5 Å². The lowest BCUT2D eigenvalue weighted by Crippen LogP contribution is -2.36. The molecule has 1 atom stereocenters. The zero-order valence-electron chi connectivity index (χ0n) is 16.5. The smallest absolute Gasteiger partial charge is 0.235 e. The summed E-state index contributed by atoms with van der Waals surface area (Å²) in [5, 5.41) is 11.4. The Hall–Kier alpha value is -3.55. The first-order chi connectivity index (χ1) is 14.1. The summed E-state index contributed by atoms with van der Waals surface area (Å²) in [5.41, 5.74) is 1.63. The minimum absolute atomic E-state index is 0.172. The number of aromatic nitrogens is 4. The first-order valence-electron chi connectivity index (χ1n) is 9.43. The molecule has 0 saturated heterocycles. The molecule has 150 valence electrons. The standard InChI is InChI=1S/C21H24N6O2/c1-3-16(20(28)24-10-8-15-6-4-5-7-18(15)29-2)19(22)17-9-11-25-21(26-17)27-13-12-23-14-27/h4-7,9,11-14,16,22H,3,8,10H2,1-2H3,(H,24,28). The monoisotopic (exact) mass is 392 g/mol. The van der Waals surface area contributed by atoms with Crippen LogP contribution in [0.25, 0.3) is 5.95 Å². The molecule has 0 aliphatic carbocycles. The van der Waals surface area contributed by atoms with Gasteiger partial charge in [0.05, 0.1) is 24.4 Å². The van der Waals surface area contributed by atoms with Gasteiger partial charge in [0, 0.05) is 25.1 Å². The number of nitrogens with zero attached hydrogens (tertiary/aromatic N) is 4. The Labute approximate surface area is 169 Å². The highest BCUT2D eigenvalue weighted by Gasteiger charge is 2.24. The van der Waals surface area contributed by atoms with Crippen LogP contribution in [0.3, 0.4) is 0 Å². The molecule has 2 heterocycles. The largest absolute Gasteiger partial charge is 0.496 e. The van der Waals surface area contributed by atoms with Crippen LogP contribution in [0.5, 0.6) is 5.75 Å². The molecule has 2 aromatic heterocycles. The average Bonchev–Trinajstić information content (AvgIpc) is 3.29. The summed E-state index contributed by atoms with van der Waals surface area (Å²) in [6, 6.07) is 9.37. The van der Waals surface area contributed by atoms with Gasteiger partial charge in [-0.25, -0.2) is 15.0 Å². The van der Waals surface area contributed by atoms with Crippen molar-refractivity contribution < 1.29 is 9.53 Å². The molecular weight excluding hydrogens is 368 g/mol. The molecule has 1 amide bonds. The van der Waals surface area contributed by atoms with Gasteiger partial charge in [-0.05, 0) is 30.5 Å². The van der Waals surface area contributed by atoms with Crippen LogP contribution in [-0.2, 0) is 11.2 Å². The van der Waals surface area contributed by atoms with Crippen LogP contribution in [0.4, 0.5) is 0 Å². The van der Waals surface area contributed by atoms with E-state index in [1.54, 1.807) is 42.7 Å². The Morgan fingerprint density at radius 3 is 2.83 bits per heavy atom. The number of imidazole rings is 1. The van der Waals surface area contributed by atoms with E-state index in [2.05, 4.69) is 20.3 Å². The fraction of sp³-hybridized carbons (Fsp3) is 0.286. The van der Waals surface area contributed by atoms with Crippen molar-refractivity contribution in [2.75, 3.05) is 13.7 Å². The number of hydrogen-bond acceptors (Lipinski definition) is 6. The molecule has 0 saturated carbocycles. The third-order valence-corrected chi connectivity index (χ3v) is 4.61. The van der Waals surface area contributed by atoms with Crippen molar-refractivity contribution >= 4 is 11.6 Å². The first kappa shape index (κ1) is 20.2. The zero-order valence-corrected chi connectivity index (χ0v) is 16.5. The Kier molecular flexibility index (Phi) is 6.67. The summed E-state index contributed by atoms with van der Waals surface area (Å²) in [6.45, 7) is 2.35. The number of ether oxygens (including phenoxy) is 1. The van der Waals surface area contributed by atoms with Gasteiger partial charge in [0.25, 0.3) is 0 Å². The molecule has 1 unspecified atom stereocenters. The van der Waals surface area contributed by atoms with E-state index < -0.39 is 5.92 Å². The van der Waals surface area contributed by atoms with E-state index in [9.17, 15) is 4.79 Å². The number of nitrogens with one attached hydrogen (secondary N) is 2. The summed E-state index contributed by atoms with van der Waals surface area (Å²) in [6.07, 6.45) is 7.68. The molecule has 2 N–H and O–H groups in total. The van der Waals surface area contributed by atoms with E-state index in [1.165, 1.54) is 0 Å². The fourth-order valence-electron chi connectivity index (χ4n) is 3.05. The maximum Gasteiger partial charge on any atom is 0.235 e. The molecule has 0 fully saturated rings. The van der Waals surface area contributed by atoms with Crippen LogP contribution in [0.2, 0.25) is 0 Å². The minimum Gasteiger partial charge on any atom is -0.496 e. The van der Waals surface area contributed by atoms with Gasteiger partial charge in [0.1, 0.15) is 12.1 Å². The second-order valence-corrected chi connectivity index (χ2v) is 6.44. The Balaban J connectivity index is 1.65. The highest BCUT2D eigenvalue weighted by Crippen LogP contribution is 2.17. The molecule has 0 bridgehead atoms. The number of carbonyl (C=O) groups is 1. The molecule has 8 heteroatoms. The highest BCUT2D eigenvalue weighted by molar-refractivity contribution is 6.10. The van der Waals surface area contributed by atoms with Crippen molar-refractivity contribution in [3.05, 3.63) is 66.5 Å². The topological polar surface area (TPSA) is 106 Å². The van der Waals surface area contributed by atoms with Crippen molar-refractivity contribution in [3.63, 3.8) is 0 Å². The third kappa shape index (κ3) is 4.84. The minimum atomic E-state index is -0.585. The quantitative estimate of drug-likeness (QED) is 0.544. The van der Waals surface area contributed by atoms with Gasteiger partial charge in [-0.1, -0.05) is 25.1 Å². The lowest BCUT2D eigenvalue weighted by Gasteiger charge is -2.16. The van der Waals surface area contributed by atoms with Crippen molar-refractivity contribution in [1.29, 1.82) is 5.41 Å². The number of para-hydroxylation sites is 1. The van der Waals surface area contributed by atoms with E-state index in [0.29, 0.717) is 31.0 Å². The molecule has 29 heavy (non-hydrogen) atoms. The Morgan fingerprint density at radius 2 is 2.10 bits per heavy atom. The van der Waals surface area contributed by atoms with Gasteiger partial charge >= 0.3 is 0 Å². The van der Waals surface area contributed by atoms with Crippen molar-refractivity contribution in [1.82, 2.24) is 24.8 Å². The number of amides is 1. The van der Waals surface area contributed by atoms with Gasteiger partial charge in [0.2, 0.25) is 11.9 Å². The maximum absolute atomic E-state index is 12.7. The first-order valence-corrected chi connectivity index (χ1v) is 9.43. The SMILES string of the molecule is CCC(C(=N)c1ccnc(-n2ccnc2)n1)C(=O)NCCc1ccccc1OC. The summed E-state index contributed by atoms with van der Waals surface area (Å²) in [4.78, 5) is 25.3. The molecule has 0 radical (unpaired) electrons. The molecule has 3 aromatic rings. The van der Waals surface area contributed by atoms with Gasteiger partial charge in [-0.15, -0.1) is 0 Å². The summed E-state index contributed by atoms with van der Waals surface area (Å²) in [7, 11) is 1.63. The normalized spacial score (nSPS) is 11.7. The Morgan fingerprint density at radius 1 is 1.28 bits per heavy atom. The van der Waals surface area contributed by atoms with Crippen LogP contribution in [0, 0.1) is 11.3 Å². The molecule has 0 aliphatic rings. The summed E-state index contributed by atoms with van der Waals surface area (Å²) >= 11 is 0. The number of hydrogen-bond donors (Lipinski definition) is 2. The van der Waals surface area contributed by atoms with Gasteiger partial charge in [-0.2, -0.15) is 0 Å². The molecular formula is C21H24N6O2. The van der Waals surface area contributed by atoms with Crippen LogP contribution in [0.15, 0.2) is 55.2 Å². The number of rotatable bonds is 9. The van der Waals surface area contributed by atoms with Crippen LogP contribution in [0.1, 0.15) is 24.6 Å². The molecule has 1 aromatic carbocycles. The van der Waals surface area contributed by atoms with E-state index in [0.717, 1.165) is 11.3 Å². The lowest BCUT2D eigenvalue weighted by atomic mass is 9.96. The zero-order chi connectivity index (χ0) is 20.6. The van der Waals surface area contributed by atoms with Gasteiger partial charge in [-0.3, -0.25) is 9.36 Å². The van der Waals surface area contributed by atoms with Crippen molar-refractivity contribution in [3.8, 4) is 11.7 Å². The molecule has 3 rings (SSSR count). The summed E-state index contributed by atoms with van der Waals surface area (Å²) in [5.74, 6) is 0.444. The second kappa shape index (κ2) is 9.59. The van der Waals surface area contributed by atoms with Crippen molar-refractivity contribution in [2.24, 2.45) is 5.92 Å². The van der Waals surface area contributed by atoms with E-state index in [-0.39, 0.29) is 11.6 Å². The highest BCUT2D eigenvalue weighted by atomic mass is 16.5. The van der Waals surface area contributed by atoms with Crippen LogP contribution < -0.4 is 10.1 Å². The number of carbonyl (C=O) groups excluding carboxylic acids is 1. The average molecular weight is 392 g/mol. The predicted molar refractivity (Wildman–Crippen MR) is 109 cm³/mol. The number of methoxy groups -OCH3 is 1. The molecule has 0 spiro atoms. The lowest BCUT2D eigenvalue weighted by molar-refractivity contribution is -0.123. The Bertz CT molecular complexity index is 971. The van der Waals surface area contributed by atoms with E-state index >= 15 is 0 Å². The van der Waals surface area contributed by atoms with Crippen LogP contribution >= 0.6 is 0 Å². The maximum atomic E-state index is 12.7. The number of benzene rings is 1.